The molecule has 158 valence electrons. The number of benzene rings is 1. The minimum Gasteiger partial charge on any atom is -0.465 e. The molecule has 2 aromatic heterocycles. The first-order chi connectivity index (χ1) is 15.2. The third kappa shape index (κ3) is 3.38. The number of nitrogens with one attached hydrogen (secondary N) is 1. The first-order valence-corrected chi connectivity index (χ1v) is 11.1. The number of aromatic nitrogens is 4. The van der Waals surface area contributed by atoms with E-state index in [0.29, 0.717) is 17.3 Å². The molecule has 7 rings (SSSR count). The van der Waals surface area contributed by atoms with E-state index in [2.05, 4.69) is 20.8 Å². The summed E-state index contributed by atoms with van der Waals surface area (Å²) in [5.74, 6) is 3.21. The van der Waals surface area contributed by atoms with Crippen LogP contribution in [0.25, 0.3) is 23.2 Å². The Morgan fingerprint density at radius 3 is 2.39 bits per heavy atom. The van der Waals surface area contributed by atoms with E-state index in [-0.39, 0.29) is 11.4 Å². The first kappa shape index (κ1) is 18.5. The van der Waals surface area contributed by atoms with Gasteiger partial charge in [0.1, 0.15) is 11.5 Å². The van der Waals surface area contributed by atoms with E-state index >= 15 is 0 Å². The van der Waals surface area contributed by atoms with Crippen molar-refractivity contribution in [3.8, 4) is 11.4 Å². The van der Waals surface area contributed by atoms with Crippen molar-refractivity contribution in [2.24, 2.45) is 17.8 Å². The van der Waals surface area contributed by atoms with Gasteiger partial charge in [-0.25, -0.2) is 0 Å². The molecule has 0 atom stereocenters. The number of hydrogen-bond donors (Lipinski definition) is 1. The fourth-order valence-electron chi connectivity index (χ4n) is 6.42. The highest BCUT2D eigenvalue weighted by Crippen LogP contribution is 2.55. The lowest BCUT2D eigenvalue weighted by atomic mass is 9.53. The standard InChI is InChI=1S/C24H25N5O2/c30-23(25-24-13-16-9-17(14-24)11-18(10-16)15-24)21(12-20-7-4-8-31-20)29-22(26-27-28-29)19-5-2-1-3-6-19/h1-8,12,16-18H,9-11,13-15H2,(H,25,30)/b21-12-. The van der Waals surface area contributed by atoms with Crippen LogP contribution in [0.3, 0.4) is 0 Å². The Morgan fingerprint density at radius 2 is 1.74 bits per heavy atom. The summed E-state index contributed by atoms with van der Waals surface area (Å²) >= 11 is 0. The highest BCUT2D eigenvalue weighted by molar-refractivity contribution is 6.18. The van der Waals surface area contributed by atoms with Crippen LogP contribution in [0.1, 0.15) is 44.3 Å². The smallest absolute Gasteiger partial charge is 0.270 e. The molecule has 31 heavy (non-hydrogen) atoms. The number of furan rings is 1. The molecule has 7 heteroatoms. The monoisotopic (exact) mass is 415 g/mol. The fraction of sp³-hybridized carbons (Fsp3) is 0.417. The predicted octanol–water partition coefficient (Wildman–Crippen LogP) is 4.02. The van der Waals surface area contributed by atoms with Crippen molar-refractivity contribution in [3.05, 3.63) is 54.5 Å². The van der Waals surface area contributed by atoms with E-state index in [4.69, 9.17) is 4.42 Å². The van der Waals surface area contributed by atoms with Crippen molar-refractivity contribution >= 4 is 17.7 Å². The van der Waals surface area contributed by atoms with E-state index < -0.39 is 0 Å². The van der Waals surface area contributed by atoms with Gasteiger partial charge >= 0.3 is 0 Å². The molecule has 3 aromatic rings. The van der Waals surface area contributed by atoms with Gasteiger partial charge in [0.15, 0.2) is 5.82 Å². The molecule has 4 fully saturated rings. The van der Waals surface area contributed by atoms with Crippen molar-refractivity contribution in [1.82, 2.24) is 25.5 Å². The summed E-state index contributed by atoms with van der Waals surface area (Å²) in [5.41, 5.74) is 1.12. The van der Waals surface area contributed by atoms with Gasteiger partial charge in [0.25, 0.3) is 5.91 Å². The van der Waals surface area contributed by atoms with Gasteiger partial charge in [0.05, 0.1) is 6.26 Å². The first-order valence-electron chi connectivity index (χ1n) is 11.1. The number of carbonyl (C=O) groups is 1. The van der Waals surface area contributed by atoms with E-state index in [9.17, 15) is 4.79 Å². The third-order valence-electron chi connectivity index (χ3n) is 7.20. The van der Waals surface area contributed by atoms with Gasteiger partial charge < -0.3 is 9.73 Å². The van der Waals surface area contributed by atoms with Gasteiger partial charge in [-0.3, -0.25) is 4.79 Å². The van der Waals surface area contributed by atoms with Crippen LogP contribution in [0.5, 0.6) is 0 Å². The molecule has 0 radical (unpaired) electrons. The summed E-state index contributed by atoms with van der Waals surface area (Å²) in [5, 5.41) is 15.7. The zero-order valence-corrected chi connectivity index (χ0v) is 17.3. The second kappa shape index (κ2) is 7.18. The summed E-state index contributed by atoms with van der Waals surface area (Å²) in [6.45, 7) is 0. The maximum atomic E-state index is 13.7. The van der Waals surface area contributed by atoms with Gasteiger partial charge in [0.2, 0.25) is 0 Å². The van der Waals surface area contributed by atoms with Crippen LogP contribution in [0, 0.1) is 17.8 Å². The van der Waals surface area contributed by atoms with Crippen molar-refractivity contribution < 1.29 is 9.21 Å². The Labute approximate surface area is 180 Å². The lowest BCUT2D eigenvalue weighted by Crippen LogP contribution is -2.60. The summed E-state index contributed by atoms with van der Waals surface area (Å²) < 4.78 is 7.03. The number of rotatable bonds is 5. The lowest BCUT2D eigenvalue weighted by molar-refractivity contribution is -0.121. The molecule has 0 aliphatic heterocycles. The van der Waals surface area contributed by atoms with Gasteiger partial charge in [-0.2, -0.15) is 4.68 Å². The highest BCUT2D eigenvalue weighted by Gasteiger charge is 2.51. The van der Waals surface area contributed by atoms with E-state index in [1.165, 1.54) is 23.9 Å². The molecule has 1 N–H and O–H groups in total. The minimum absolute atomic E-state index is 0.102. The Hall–Kier alpha value is -3.22. The van der Waals surface area contributed by atoms with Gasteiger partial charge in [-0.15, -0.1) is 5.10 Å². The second-order valence-electron chi connectivity index (χ2n) is 9.48. The predicted molar refractivity (Wildman–Crippen MR) is 115 cm³/mol. The third-order valence-corrected chi connectivity index (χ3v) is 7.20. The van der Waals surface area contributed by atoms with Gasteiger partial charge in [-0.05, 0) is 78.8 Å². The number of hydrogen-bond acceptors (Lipinski definition) is 5. The molecule has 4 aliphatic carbocycles. The molecule has 0 spiro atoms. The Kier molecular flexibility index (Phi) is 4.30. The van der Waals surface area contributed by atoms with Crippen LogP contribution < -0.4 is 5.32 Å². The number of tetrazole rings is 1. The van der Waals surface area contributed by atoms with Crippen molar-refractivity contribution in [1.29, 1.82) is 0 Å². The topological polar surface area (TPSA) is 85.8 Å². The van der Waals surface area contributed by atoms with Crippen LogP contribution in [-0.4, -0.2) is 31.7 Å². The Balaban J connectivity index is 1.37. The van der Waals surface area contributed by atoms with Crippen LogP contribution in [0.2, 0.25) is 0 Å². The lowest BCUT2D eigenvalue weighted by Gasteiger charge is -2.56. The van der Waals surface area contributed by atoms with Crippen LogP contribution in [0.15, 0.2) is 53.1 Å². The molecule has 1 amide bonds. The SMILES string of the molecule is O=C(NC12CC3CC(CC(C3)C1)C2)/C(=C/c1ccco1)n1nnnc1-c1ccccc1. The molecule has 2 heterocycles. The number of carbonyl (C=O) groups excluding carboxylic acids is 1. The number of amides is 1. The zero-order valence-electron chi connectivity index (χ0n) is 17.3. The minimum atomic E-state index is -0.150. The molecule has 1 aromatic carbocycles. The van der Waals surface area contributed by atoms with Crippen LogP contribution in [-0.2, 0) is 4.79 Å². The van der Waals surface area contributed by atoms with Crippen molar-refractivity contribution in [3.63, 3.8) is 0 Å². The molecule has 4 aliphatic rings. The average molecular weight is 415 g/mol. The molecule has 4 saturated carbocycles. The molecule has 0 saturated heterocycles. The van der Waals surface area contributed by atoms with Crippen molar-refractivity contribution in [2.45, 2.75) is 44.1 Å². The van der Waals surface area contributed by atoms with Gasteiger partial charge in [-0.1, -0.05) is 30.3 Å². The molecule has 0 unspecified atom stereocenters. The molecular weight excluding hydrogens is 390 g/mol. The van der Waals surface area contributed by atoms with Crippen LogP contribution >= 0.6 is 0 Å². The second-order valence-corrected chi connectivity index (χ2v) is 9.48. The van der Waals surface area contributed by atoms with E-state index in [1.807, 2.05) is 36.4 Å². The molecular formula is C24H25N5O2. The number of nitrogens with zero attached hydrogens (tertiary/aromatic N) is 4. The fourth-order valence-corrected chi connectivity index (χ4v) is 6.42. The van der Waals surface area contributed by atoms with Crippen molar-refractivity contribution in [2.75, 3.05) is 0 Å². The maximum Gasteiger partial charge on any atom is 0.270 e. The molecule has 4 bridgehead atoms. The van der Waals surface area contributed by atoms with E-state index in [0.717, 1.165) is 42.6 Å². The highest BCUT2D eigenvalue weighted by atomic mass is 16.3. The quantitative estimate of drug-likeness (QED) is 0.636. The maximum absolute atomic E-state index is 13.7. The Bertz CT molecular complexity index is 1080. The zero-order chi connectivity index (χ0) is 20.8. The summed E-state index contributed by atoms with van der Waals surface area (Å²) in [6.07, 6.45) is 10.6. The van der Waals surface area contributed by atoms with Gasteiger partial charge in [0, 0.05) is 17.2 Å². The largest absolute Gasteiger partial charge is 0.465 e. The summed E-state index contributed by atoms with van der Waals surface area (Å²) in [7, 11) is 0. The average Bonchev–Trinajstić information content (AvgIpc) is 3.43. The molecule has 7 nitrogen and oxygen atoms in total. The summed E-state index contributed by atoms with van der Waals surface area (Å²) in [4.78, 5) is 13.7. The summed E-state index contributed by atoms with van der Waals surface area (Å²) in [6, 6.07) is 13.3. The van der Waals surface area contributed by atoms with E-state index in [1.54, 1.807) is 18.4 Å². The Morgan fingerprint density at radius 1 is 1.03 bits per heavy atom. The van der Waals surface area contributed by atoms with Crippen LogP contribution in [0.4, 0.5) is 0 Å². The normalized spacial score (nSPS) is 29.3.